The van der Waals surface area contributed by atoms with Gasteiger partial charge in [0.2, 0.25) is 0 Å². The van der Waals surface area contributed by atoms with Crippen molar-refractivity contribution in [3.05, 3.63) is 0 Å². The quantitative estimate of drug-likeness (QED) is 0.847. The van der Waals surface area contributed by atoms with Gasteiger partial charge in [-0.15, -0.1) is 0 Å². The fraction of sp³-hybridized carbons (Fsp3) is 0.875. The first-order chi connectivity index (χ1) is 10.2. The maximum atomic E-state index is 12.1. The molecule has 0 atom stereocenters. The SMILES string of the molecule is CC(C)(C)OC(=O)N1CCC(C2(C(=O)O)CCOCC2)CC1. The molecular formula is C16H27NO5. The Morgan fingerprint density at radius 1 is 1.18 bits per heavy atom. The third-order valence-electron chi connectivity index (χ3n) is 4.74. The van der Waals surface area contributed by atoms with Crippen molar-refractivity contribution in [2.24, 2.45) is 11.3 Å². The van der Waals surface area contributed by atoms with Gasteiger partial charge < -0.3 is 19.5 Å². The number of likely N-dealkylation sites (tertiary alicyclic amines) is 1. The monoisotopic (exact) mass is 313 g/mol. The Bertz CT molecular complexity index is 415. The molecule has 0 bridgehead atoms. The zero-order valence-electron chi connectivity index (χ0n) is 13.8. The van der Waals surface area contributed by atoms with Gasteiger partial charge in [-0.25, -0.2) is 4.79 Å². The van der Waals surface area contributed by atoms with E-state index in [0.717, 1.165) is 0 Å². The van der Waals surface area contributed by atoms with Crippen LogP contribution in [0.25, 0.3) is 0 Å². The predicted octanol–water partition coefficient (Wildman–Crippen LogP) is 2.51. The van der Waals surface area contributed by atoms with Crippen molar-refractivity contribution in [1.29, 1.82) is 0 Å². The molecule has 0 unspecified atom stereocenters. The number of amides is 1. The molecule has 6 nitrogen and oxygen atoms in total. The molecule has 0 aromatic heterocycles. The van der Waals surface area contributed by atoms with Crippen LogP contribution >= 0.6 is 0 Å². The average Bonchev–Trinajstić information content (AvgIpc) is 2.46. The molecule has 0 aromatic rings. The van der Waals surface area contributed by atoms with Gasteiger partial charge in [-0.1, -0.05) is 0 Å². The van der Waals surface area contributed by atoms with E-state index >= 15 is 0 Å². The standard InChI is InChI=1S/C16H27NO5/c1-15(2,3)22-14(20)17-8-4-12(5-9-17)16(13(18)19)6-10-21-11-7-16/h12H,4-11H2,1-3H3,(H,18,19). The minimum absolute atomic E-state index is 0.104. The van der Waals surface area contributed by atoms with E-state index in [1.54, 1.807) is 4.90 Å². The van der Waals surface area contributed by atoms with Crippen molar-refractivity contribution >= 4 is 12.1 Å². The first kappa shape index (κ1) is 17.1. The van der Waals surface area contributed by atoms with Crippen LogP contribution in [-0.4, -0.2) is 54.0 Å². The summed E-state index contributed by atoms with van der Waals surface area (Å²) >= 11 is 0. The van der Waals surface area contributed by atoms with Crippen LogP contribution in [0.4, 0.5) is 4.79 Å². The average molecular weight is 313 g/mol. The molecule has 0 saturated carbocycles. The number of ether oxygens (including phenoxy) is 2. The molecule has 2 heterocycles. The summed E-state index contributed by atoms with van der Waals surface area (Å²) in [4.78, 5) is 25.6. The van der Waals surface area contributed by atoms with Crippen LogP contribution in [0.1, 0.15) is 46.5 Å². The maximum absolute atomic E-state index is 12.1. The number of rotatable bonds is 2. The van der Waals surface area contributed by atoms with Gasteiger partial charge in [-0.3, -0.25) is 4.79 Å². The van der Waals surface area contributed by atoms with E-state index in [9.17, 15) is 14.7 Å². The number of piperidine rings is 1. The first-order valence-corrected chi connectivity index (χ1v) is 8.04. The molecule has 0 aromatic carbocycles. The number of aliphatic carboxylic acids is 1. The Kier molecular flexibility index (Phi) is 5.00. The first-order valence-electron chi connectivity index (χ1n) is 8.04. The minimum atomic E-state index is -0.716. The topological polar surface area (TPSA) is 76.1 Å². The Hall–Kier alpha value is -1.30. The van der Waals surface area contributed by atoms with E-state index in [-0.39, 0.29) is 12.0 Å². The summed E-state index contributed by atoms with van der Waals surface area (Å²) in [6.45, 7) is 7.69. The molecule has 2 aliphatic rings. The molecule has 1 amide bonds. The highest BCUT2D eigenvalue weighted by Crippen LogP contribution is 2.43. The van der Waals surface area contributed by atoms with Crippen molar-refractivity contribution < 1.29 is 24.2 Å². The van der Waals surface area contributed by atoms with E-state index in [2.05, 4.69) is 0 Å². The lowest BCUT2D eigenvalue weighted by Gasteiger charge is -2.44. The molecule has 22 heavy (non-hydrogen) atoms. The van der Waals surface area contributed by atoms with Gasteiger partial charge in [0.25, 0.3) is 0 Å². The fourth-order valence-electron chi connectivity index (χ4n) is 3.47. The Labute approximate surface area is 131 Å². The Morgan fingerprint density at radius 2 is 1.73 bits per heavy atom. The molecule has 6 heteroatoms. The highest BCUT2D eigenvalue weighted by atomic mass is 16.6. The molecule has 0 spiro atoms. The molecule has 126 valence electrons. The normalized spacial score (nSPS) is 23.1. The number of hydrogen-bond acceptors (Lipinski definition) is 4. The summed E-state index contributed by atoms with van der Waals surface area (Å²) in [6.07, 6.45) is 2.26. The number of carbonyl (C=O) groups excluding carboxylic acids is 1. The van der Waals surface area contributed by atoms with Crippen molar-refractivity contribution in [2.75, 3.05) is 26.3 Å². The van der Waals surface area contributed by atoms with Gasteiger partial charge in [0.15, 0.2) is 0 Å². The van der Waals surface area contributed by atoms with Gasteiger partial charge in [0, 0.05) is 26.3 Å². The lowest BCUT2D eigenvalue weighted by molar-refractivity contribution is -0.162. The van der Waals surface area contributed by atoms with Gasteiger partial charge in [-0.05, 0) is 52.4 Å². The lowest BCUT2D eigenvalue weighted by Crippen LogP contribution is -2.49. The van der Waals surface area contributed by atoms with Crippen molar-refractivity contribution in [1.82, 2.24) is 4.90 Å². The summed E-state index contributed by atoms with van der Waals surface area (Å²) < 4.78 is 10.7. The van der Waals surface area contributed by atoms with Gasteiger partial charge in [0.05, 0.1) is 5.41 Å². The van der Waals surface area contributed by atoms with E-state index in [1.807, 2.05) is 20.8 Å². The minimum Gasteiger partial charge on any atom is -0.481 e. The Morgan fingerprint density at radius 3 is 2.18 bits per heavy atom. The van der Waals surface area contributed by atoms with Gasteiger partial charge >= 0.3 is 12.1 Å². The van der Waals surface area contributed by atoms with Gasteiger partial charge in [-0.2, -0.15) is 0 Å². The van der Waals surface area contributed by atoms with Crippen LogP contribution in [0.3, 0.4) is 0 Å². The van der Waals surface area contributed by atoms with Crippen molar-refractivity contribution in [2.45, 2.75) is 52.1 Å². The third-order valence-corrected chi connectivity index (χ3v) is 4.74. The molecule has 0 aliphatic carbocycles. The molecule has 1 N–H and O–H groups in total. The van der Waals surface area contributed by atoms with E-state index in [4.69, 9.17) is 9.47 Å². The predicted molar refractivity (Wildman–Crippen MR) is 80.7 cm³/mol. The van der Waals surface area contributed by atoms with Crippen molar-refractivity contribution in [3.63, 3.8) is 0 Å². The molecule has 0 radical (unpaired) electrons. The molecule has 2 aliphatic heterocycles. The molecule has 2 saturated heterocycles. The smallest absolute Gasteiger partial charge is 0.410 e. The number of carbonyl (C=O) groups is 2. The zero-order valence-corrected chi connectivity index (χ0v) is 13.8. The van der Waals surface area contributed by atoms with Crippen LogP contribution in [0.15, 0.2) is 0 Å². The number of carboxylic acids is 1. The van der Waals surface area contributed by atoms with E-state index < -0.39 is 17.0 Å². The third kappa shape index (κ3) is 3.72. The molecular weight excluding hydrogens is 286 g/mol. The van der Waals surface area contributed by atoms with Crippen LogP contribution < -0.4 is 0 Å². The summed E-state index contributed by atoms with van der Waals surface area (Å²) in [6, 6.07) is 0. The Balaban J connectivity index is 1.96. The van der Waals surface area contributed by atoms with Crippen LogP contribution in [0.2, 0.25) is 0 Å². The fourth-order valence-corrected chi connectivity index (χ4v) is 3.47. The second-order valence-electron chi connectivity index (χ2n) is 7.32. The molecule has 2 fully saturated rings. The zero-order chi connectivity index (χ0) is 16.4. The summed E-state index contributed by atoms with van der Waals surface area (Å²) in [7, 11) is 0. The highest BCUT2D eigenvalue weighted by molar-refractivity contribution is 5.75. The summed E-state index contributed by atoms with van der Waals surface area (Å²) in [5.74, 6) is -0.612. The van der Waals surface area contributed by atoms with Crippen LogP contribution in [0, 0.1) is 11.3 Å². The summed E-state index contributed by atoms with van der Waals surface area (Å²) in [5.41, 5.74) is -1.19. The summed E-state index contributed by atoms with van der Waals surface area (Å²) in [5, 5.41) is 9.71. The van der Waals surface area contributed by atoms with E-state index in [1.165, 1.54) is 0 Å². The second kappa shape index (κ2) is 6.44. The van der Waals surface area contributed by atoms with Gasteiger partial charge in [0.1, 0.15) is 5.60 Å². The van der Waals surface area contributed by atoms with E-state index in [0.29, 0.717) is 52.0 Å². The highest BCUT2D eigenvalue weighted by Gasteiger charge is 2.48. The lowest BCUT2D eigenvalue weighted by atomic mass is 9.66. The van der Waals surface area contributed by atoms with Crippen LogP contribution in [-0.2, 0) is 14.3 Å². The largest absolute Gasteiger partial charge is 0.481 e. The number of nitrogens with zero attached hydrogens (tertiary/aromatic N) is 1. The number of hydrogen-bond donors (Lipinski definition) is 1. The van der Waals surface area contributed by atoms with Crippen molar-refractivity contribution in [3.8, 4) is 0 Å². The number of carboxylic acid groups (broad SMARTS) is 1. The van der Waals surface area contributed by atoms with Crippen LogP contribution in [0.5, 0.6) is 0 Å². The second-order valence-corrected chi connectivity index (χ2v) is 7.32. The maximum Gasteiger partial charge on any atom is 0.410 e. The molecule has 2 rings (SSSR count).